The first-order valence-corrected chi connectivity index (χ1v) is 7.27. The minimum atomic E-state index is -0.188. The van der Waals surface area contributed by atoms with Gasteiger partial charge in [0.25, 0.3) is 0 Å². The fraction of sp³-hybridized carbons (Fsp3) is 0.294. The van der Waals surface area contributed by atoms with Crippen LogP contribution in [0.1, 0.15) is 30.7 Å². The number of hydrogen-bond acceptors (Lipinski definition) is 5. The average Bonchev–Trinajstić information content (AvgIpc) is 3.23. The SMILES string of the molecule is COc1ccc(C2CC(c3ccco3)=NN2C(C)=O)cc1OC. The van der Waals surface area contributed by atoms with E-state index in [1.165, 1.54) is 11.9 Å². The third kappa shape index (κ3) is 2.79. The molecule has 1 unspecified atom stereocenters. The van der Waals surface area contributed by atoms with Gasteiger partial charge >= 0.3 is 0 Å². The standard InChI is InChI=1S/C17H18N2O4/c1-11(20)19-14(10-13(18-19)15-5-4-8-23-15)12-6-7-16(21-2)17(9-12)22-3/h4-9,14H,10H2,1-3H3. The summed E-state index contributed by atoms with van der Waals surface area (Å²) in [5.74, 6) is 1.83. The largest absolute Gasteiger partial charge is 0.493 e. The van der Waals surface area contributed by atoms with E-state index < -0.39 is 0 Å². The van der Waals surface area contributed by atoms with Crippen LogP contribution in [0.3, 0.4) is 0 Å². The Balaban J connectivity index is 1.95. The molecule has 0 spiro atoms. The van der Waals surface area contributed by atoms with Crippen molar-refractivity contribution in [3.63, 3.8) is 0 Å². The van der Waals surface area contributed by atoms with Crippen molar-refractivity contribution < 1.29 is 18.7 Å². The zero-order chi connectivity index (χ0) is 16.4. The molecule has 2 aromatic rings. The van der Waals surface area contributed by atoms with Crippen LogP contribution in [0.4, 0.5) is 0 Å². The number of carbonyl (C=O) groups is 1. The molecule has 0 saturated carbocycles. The second-order valence-electron chi connectivity index (χ2n) is 5.22. The Morgan fingerprint density at radius 1 is 1.26 bits per heavy atom. The van der Waals surface area contributed by atoms with E-state index in [1.54, 1.807) is 26.5 Å². The summed E-state index contributed by atoms with van der Waals surface area (Å²) in [5, 5.41) is 5.91. The van der Waals surface area contributed by atoms with Gasteiger partial charge < -0.3 is 13.9 Å². The first kappa shape index (κ1) is 15.1. The van der Waals surface area contributed by atoms with Gasteiger partial charge in [-0.3, -0.25) is 4.79 Å². The molecule has 1 aliphatic rings. The van der Waals surface area contributed by atoms with Crippen molar-refractivity contribution in [2.75, 3.05) is 14.2 Å². The number of hydrazone groups is 1. The lowest BCUT2D eigenvalue weighted by molar-refractivity contribution is -0.130. The lowest BCUT2D eigenvalue weighted by Gasteiger charge is -2.21. The molecule has 1 aliphatic heterocycles. The number of methoxy groups -OCH3 is 2. The van der Waals surface area contributed by atoms with Crippen molar-refractivity contribution in [3.8, 4) is 11.5 Å². The van der Waals surface area contributed by atoms with E-state index in [4.69, 9.17) is 13.9 Å². The zero-order valence-electron chi connectivity index (χ0n) is 13.3. The molecule has 1 aromatic carbocycles. The quantitative estimate of drug-likeness (QED) is 0.870. The van der Waals surface area contributed by atoms with Gasteiger partial charge in [0, 0.05) is 13.3 Å². The van der Waals surface area contributed by atoms with Gasteiger partial charge in [-0.2, -0.15) is 5.10 Å². The maximum absolute atomic E-state index is 12.0. The van der Waals surface area contributed by atoms with Crippen LogP contribution in [0.25, 0.3) is 0 Å². The van der Waals surface area contributed by atoms with Gasteiger partial charge in [0.1, 0.15) is 11.5 Å². The highest BCUT2D eigenvalue weighted by Crippen LogP contribution is 2.37. The predicted octanol–water partition coefficient (Wildman–Crippen LogP) is 2.99. The van der Waals surface area contributed by atoms with E-state index in [9.17, 15) is 4.79 Å². The van der Waals surface area contributed by atoms with Gasteiger partial charge in [-0.05, 0) is 29.8 Å². The summed E-state index contributed by atoms with van der Waals surface area (Å²) >= 11 is 0. The molecule has 0 saturated heterocycles. The van der Waals surface area contributed by atoms with Crippen molar-refractivity contribution in [3.05, 3.63) is 47.9 Å². The molecule has 1 amide bonds. The van der Waals surface area contributed by atoms with Gasteiger partial charge in [0.15, 0.2) is 11.5 Å². The van der Waals surface area contributed by atoms with E-state index in [-0.39, 0.29) is 11.9 Å². The number of benzene rings is 1. The summed E-state index contributed by atoms with van der Waals surface area (Å²) in [5.41, 5.74) is 1.69. The van der Waals surface area contributed by atoms with Crippen LogP contribution in [0.5, 0.6) is 11.5 Å². The van der Waals surface area contributed by atoms with Gasteiger partial charge in [0.2, 0.25) is 5.91 Å². The lowest BCUT2D eigenvalue weighted by Crippen LogP contribution is -2.24. The Bertz CT molecular complexity index is 737. The summed E-state index contributed by atoms with van der Waals surface area (Å²) in [6.07, 6.45) is 2.18. The average molecular weight is 314 g/mol. The molecule has 0 fully saturated rings. The first-order chi connectivity index (χ1) is 11.1. The Labute approximate surface area is 134 Å². The van der Waals surface area contributed by atoms with Crippen molar-refractivity contribution >= 4 is 11.6 Å². The monoisotopic (exact) mass is 314 g/mol. The normalized spacial score (nSPS) is 17.1. The predicted molar refractivity (Wildman–Crippen MR) is 84.7 cm³/mol. The molecule has 23 heavy (non-hydrogen) atoms. The minimum Gasteiger partial charge on any atom is -0.493 e. The van der Waals surface area contributed by atoms with Crippen LogP contribution in [-0.4, -0.2) is 30.8 Å². The van der Waals surface area contributed by atoms with Gasteiger partial charge in [-0.15, -0.1) is 0 Å². The third-order valence-electron chi connectivity index (χ3n) is 3.83. The maximum atomic E-state index is 12.0. The molecule has 2 heterocycles. The second-order valence-corrected chi connectivity index (χ2v) is 5.22. The second kappa shape index (κ2) is 6.16. The molecule has 0 aliphatic carbocycles. The molecular weight excluding hydrogens is 296 g/mol. The van der Waals surface area contributed by atoms with Crippen LogP contribution in [0.2, 0.25) is 0 Å². The third-order valence-corrected chi connectivity index (χ3v) is 3.83. The zero-order valence-corrected chi connectivity index (χ0v) is 13.3. The molecule has 1 atom stereocenters. The number of furan rings is 1. The molecular formula is C17H18N2O4. The first-order valence-electron chi connectivity index (χ1n) is 7.27. The van der Waals surface area contributed by atoms with E-state index in [2.05, 4.69) is 5.10 Å². The Morgan fingerprint density at radius 3 is 2.65 bits per heavy atom. The van der Waals surface area contributed by atoms with Crippen LogP contribution in [0.15, 0.2) is 46.1 Å². The van der Waals surface area contributed by atoms with Gasteiger partial charge in [-0.1, -0.05) is 6.07 Å². The smallest absolute Gasteiger partial charge is 0.240 e. The molecule has 0 radical (unpaired) electrons. The fourth-order valence-corrected chi connectivity index (χ4v) is 2.71. The van der Waals surface area contributed by atoms with Crippen molar-refractivity contribution in [2.24, 2.45) is 5.10 Å². The van der Waals surface area contributed by atoms with Crippen molar-refractivity contribution in [1.29, 1.82) is 0 Å². The molecule has 0 N–H and O–H groups in total. The van der Waals surface area contributed by atoms with Gasteiger partial charge in [-0.25, -0.2) is 5.01 Å². The highest BCUT2D eigenvalue weighted by atomic mass is 16.5. The number of ether oxygens (including phenoxy) is 2. The number of nitrogens with zero attached hydrogens (tertiary/aromatic N) is 2. The molecule has 0 bridgehead atoms. The molecule has 3 rings (SSSR count). The van der Waals surface area contributed by atoms with Gasteiger partial charge in [0.05, 0.1) is 26.5 Å². The summed E-state index contributed by atoms with van der Waals surface area (Å²) in [7, 11) is 3.18. The Hall–Kier alpha value is -2.76. The van der Waals surface area contributed by atoms with Crippen LogP contribution in [-0.2, 0) is 4.79 Å². The van der Waals surface area contributed by atoms with Crippen molar-refractivity contribution in [1.82, 2.24) is 5.01 Å². The highest BCUT2D eigenvalue weighted by molar-refractivity contribution is 6.00. The van der Waals surface area contributed by atoms with Crippen LogP contribution < -0.4 is 9.47 Å². The number of carbonyl (C=O) groups excluding carboxylic acids is 1. The Morgan fingerprint density at radius 2 is 2.04 bits per heavy atom. The minimum absolute atomic E-state index is 0.119. The number of hydrogen-bond donors (Lipinski definition) is 0. The summed E-state index contributed by atoms with van der Waals surface area (Å²) in [4.78, 5) is 12.0. The summed E-state index contributed by atoms with van der Waals surface area (Å²) in [6.45, 7) is 1.50. The van der Waals surface area contributed by atoms with E-state index in [1.807, 2.05) is 24.3 Å². The number of amides is 1. The van der Waals surface area contributed by atoms with Crippen LogP contribution in [0, 0.1) is 0 Å². The summed E-state index contributed by atoms with van der Waals surface area (Å²) in [6, 6.07) is 9.08. The van der Waals surface area contributed by atoms with E-state index >= 15 is 0 Å². The summed E-state index contributed by atoms with van der Waals surface area (Å²) < 4.78 is 16.0. The highest BCUT2D eigenvalue weighted by Gasteiger charge is 2.32. The van der Waals surface area contributed by atoms with Crippen LogP contribution >= 0.6 is 0 Å². The topological polar surface area (TPSA) is 64.3 Å². The lowest BCUT2D eigenvalue weighted by atomic mass is 10.0. The fourth-order valence-electron chi connectivity index (χ4n) is 2.71. The molecule has 6 nitrogen and oxygen atoms in total. The molecule has 120 valence electrons. The van der Waals surface area contributed by atoms with E-state index in [0.29, 0.717) is 23.7 Å². The molecule has 1 aromatic heterocycles. The molecule has 6 heteroatoms. The Kier molecular flexibility index (Phi) is 4.06. The van der Waals surface area contributed by atoms with Crippen molar-refractivity contribution in [2.45, 2.75) is 19.4 Å². The van der Waals surface area contributed by atoms with E-state index in [0.717, 1.165) is 11.3 Å². The maximum Gasteiger partial charge on any atom is 0.240 e. The number of rotatable bonds is 4.